The second-order valence-electron chi connectivity index (χ2n) is 8.46. The number of benzene rings is 2. The number of imide groups is 1. The van der Waals surface area contributed by atoms with Crippen LogP contribution >= 0.6 is 0 Å². The monoisotopic (exact) mass is 466 g/mol. The number of carbonyl (C=O) groups excluding carboxylic acids is 4. The second-order valence-corrected chi connectivity index (χ2v) is 10.1. The van der Waals surface area contributed by atoms with E-state index >= 15 is 0 Å². The molecule has 1 spiro atoms. The zero-order valence-corrected chi connectivity index (χ0v) is 18.7. The van der Waals surface area contributed by atoms with E-state index in [0.717, 1.165) is 11.1 Å². The Labute approximate surface area is 192 Å². The number of nitrogens with one attached hydrogen (secondary N) is 3. The van der Waals surface area contributed by atoms with Crippen LogP contribution in [-0.2, 0) is 38.0 Å². The molecule has 0 bridgehead atoms. The van der Waals surface area contributed by atoms with Crippen molar-refractivity contribution in [1.29, 1.82) is 0 Å². The van der Waals surface area contributed by atoms with Gasteiger partial charge >= 0.3 is 6.03 Å². The third kappa shape index (κ3) is 3.50. The number of carbonyl (C=O) groups is 4. The fraction of sp³-hybridized carbons (Fsp3) is 0.304. The summed E-state index contributed by atoms with van der Waals surface area (Å²) in [7, 11) is -1.45. The van der Waals surface area contributed by atoms with Crippen LogP contribution in [0, 0.1) is 0 Å². The van der Waals surface area contributed by atoms with Crippen molar-refractivity contribution in [1.82, 2.24) is 10.6 Å². The Morgan fingerprint density at radius 3 is 2.64 bits per heavy atom. The fourth-order valence-corrected chi connectivity index (χ4v) is 6.27. The van der Waals surface area contributed by atoms with Gasteiger partial charge in [0, 0.05) is 18.5 Å². The van der Waals surface area contributed by atoms with Gasteiger partial charge < -0.3 is 15.5 Å². The topological polar surface area (TPSA) is 125 Å². The van der Waals surface area contributed by atoms with Gasteiger partial charge in [0.25, 0.3) is 5.91 Å². The molecule has 2 heterocycles. The Bertz CT molecular complexity index is 1250. The minimum atomic E-state index is -1.45. The minimum absolute atomic E-state index is 0.205. The molecule has 2 aliphatic heterocycles. The van der Waals surface area contributed by atoms with Crippen LogP contribution in [0.1, 0.15) is 24.5 Å². The highest BCUT2D eigenvalue weighted by Gasteiger charge is 2.50. The summed E-state index contributed by atoms with van der Waals surface area (Å²) in [6.07, 6.45) is 1.14. The van der Waals surface area contributed by atoms with Gasteiger partial charge in [0.1, 0.15) is 17.3 Å². The molecule has 3 aliphatic rings. The van der Waals surface area contributed by atoms with Crippen LogP contribution in [0.2, 0.25) is 0 Å². The number of hydrogen-bond donors (Lipinski definition) is 3. The number of hydrogen-bond acceptors (Lipinski definition) is 5. The molecular weight excluding hydrogens is 444 g/mol. The maximum atomic E-state index is 13.0. The predicted octanol–water partition coefficient (Wildman–Crippen LogP) is 1.23. The third-order valence-corrected chi connectivity index (χ3v) is 8.16. The van der Waals surface area contributed by atoms with Crippen LogP contribution in [-0.4, -0.2) is 45.3 Å². The van der Waals surface area contributed by atoms with Crippen molar-refractivity contribution < 1.29 is 23.4 Å². The van der Waals surface area contributed by atoms with Crippen molar-refractivity contribution in [3.8, 4) is 0 Å². The molecule has 3 atom stereocenters. The maximum absolute atomic E-state index is 13.0. The minimum Gasteiger partial charge on any atom is -0.325 e. The molecular formula is C23H22N4O5S. The number of urea groups is 1. The lowest BCUT2D eigenvalue weighted by molar-refractivity contribution is -0.123. The Morgan fingerprint density at radius 2 is 1.91 bits per heavy atom. The third-order valence-electron chi connectivity index (χ3n) is 6.33. The lowest BCUT2D eigenvalue weighted by Gasteiger charge is -2.32. The van der Waals surface area contributed by atoms with Crippen LogP contribution in [0.5, 0.6) is 0 Å². The van der Waals surface area contributed by atoms with Gasteiger partial charge in [0.15, 0.2) is 0 Å². The molecule has 0 radical (unpaired) electrons. The van der Waals surface area contributed by atoms with Crippen molar-refractivity contribution in [2.45, 2.75) is 41.9 Å². The summed E-state index contributed by atoms with van der Waals surface area (Å²) >= 11 is 0. The maximum Gasteiger partial charge on any atom is 0.322 e. The van der Waals surface area contributed by atoms with Crippen LogP contribution in [0.25, 0.3) is 0 Å². The zero-order valence-electron chi connectivity index (χ0n) is 17.8. The molecule has 1 aliphatic carbocycles. The first-order valence-corrected chi connectivity index (χ1v) is 11.9. The normalized spacial score (nSPS) is 25.5. The average molecular weight is 467 g/mol. The molecule has 3 unspecified atom stereocenters. The zero-order chi connectivity index (χ0) is 23.3. The Balaban J connectivity index is 1.33. The van der Waals surface area contributed by atoms with Crippen LogP contribution in [0.4, 0.5) is 16.2 Å². The summed E-state index contributed by atoms with van der Waals surface area (Å²) < 4.78 is 12.7. The number of fused-ring (bicyclic) bond motifs is 2. The van der Waals surface area contributed by atoms with Gasteiger partial charge in [-0.05, 0) is 41.8 Å². The predicted molar refractivity (Wildman–Crippen MR) is 121 cm³/mol. The molecule has 1 fully saturated rings. The molecule has 2 aromatic rings. The number of anilines is 2. The van der Waals surface area contributed by atoms with E-state index in [4.69, 9.17) is 0 Å². The average Bonchev–Trinajstić information content (AvgIpc) is 3.28. The van der Waals surface area contributed by atoms with Crippen molar-refractivity contribution in [2.24, 2.45) is 0 Å². The Hall–Kier alpha value is -3.53. The van der Waals surface area contributed by atoms with Gasteiger partial charge in [-0.3, -0.25) is 23.9 Å². The van der Waals surface area contributed by atoms with Crippen molar-refractivity contribution in [2.75, 3.05) is 16.8 Å². The quantitative estimate of drug-likeness (QED) is 0.585. The number of amides is 5. The van der Waals surface area contributed by atoms with Crippen LogP contribution in [0.3, 0.4) is 0 Å². The highest BCUT2D eigenvalue weighted by Crippen LogP contribution is 2.35. The summed E-state index contributed by atoms with van der Waals surface area (Å²) in [5.74, 6) is -1.07. The number of para-hydroxylation sites is 1. The summed E-state index contributed by atoms with van der Waals surface area (Å²) in [5.41, 5.74) is 1.84. The van der Waals surface area contributed by atoms with E-state index in [-0.39, 0.29) is 24.3 Å². The molecule has 170 valence electrons. The van der Waals surface area contributed by atoms with Gasteiger partial charge in [-0.25, -0.2) is 4.79 Å². The number of rotatable bonds is 4. The first-order chi connectivity index (χ1) is 15.8. The van der Waals surface area contributed by atoms with E-state index in [9.17, 15) is 23.4 Å². The van der Waals surface area contributed by atoms with Crippen LogP contribution < -0.4 is 20.9 Å². The standard InChI is InChI=1S/C23H22N4O5S/c1-2-17-20(29)27(16-5-3-4-6-18(16)33(17)32)12-19(28)24-15-8-7-13-10-23(11-14(13)9-15)21(30)25-22(31)26-23/h3-9,17H,2,10-12H2,1H3,(H,24,28)(H2,25,26,30,31). The molecule has 3 N–H and O–H groups in total. The lowest BCUT2D eigenvalue weighted by atomic mass is 9.96. The lowest BCUT2D eigenvalue weighted by Crippen LogP contribution is -2.48. The van der Waals surface area contributed by atoms with Gasteiger partial charge in [-0.2, -0.15) is 0 Å². The van der Waals surface area contributed by atoms with Crippen molar-refractivity contribution in [3.63, 3.8) is 0 Å². The van der Waals surface area contributed by atoms with E-state index in [1.807, 2.05) is 6.07 Å². The van der Waals surface area contributed by atoms with Gasteiger partial charge in [-0.15, -0.1) is 0 Å². The largest absolute Gasteiger partial charge is 0.325 e. The van der Waals surface area contributed by atoms with E-state index in [2.05, 4.69) is 16.0 Å². The highest BCUT2D eigenvalue weighted by molar-refractivity contribution is 7.86. The van der Waals surface area contributed by atoms with E-state index in [1.54, 1.807) is 43.3 Å². The first-order valence-electron chi connectivity index (χ1n) is 10.7. The van der Waals surface area contributed by atoms with Gasteiger partial charge in [-0.1, -0.05) is 25.1 Å². The molecule has 9 nitrogen and oxygen atoms in total. The van der Waals surface area contributed by atoms with Crippen LogP contribution in [0.15, 0.2) is 47.4 Å². The molecule has 5 amide bonds. The summed E-state index contributed by atoms with van der Waals surface area (Å²) in [6, 6.07) is 11.8. The Kier molecular flexibility index (Phi) is 5.04. The number of nitrogens with zero attached hydrogens (tertiary/aromatic N) is 1. The molecule has 0 saturated carbocycles. The molecule has 33 heavy (non-hydrogen) atoms. The summed E-state index contributed by atoms with van der Waals surface area (Å²) in [5, 5.41) is 7.13. The molecule has 0 aromatic heterocycles. The van der Waals surface area contributed by atoms with Gasteiger partial charge in [0.05, 0.1) is 21.4 Å². The van der Waals surface area contributed by atoms with Gasteiger partial charge in [0.2, 0.25) is 11.8 Å². The molecule has 10 heteroatoms. The Morgan fingerprint density at radius 1 is 1.15 bits per heavy atom. The highest BCUT2D eigenvalue weighted by atomic mass is 32.2. The van der Waals surface area contributed by atoms with E-state index in [1.165, 1.54) is 4.90 Å². The molecule has 5 rings (SSSR count). The van der Waals surface area contributed by atoms with Crippen molar-refractivity contribution >= 4 is 45.9 Å². The fourth-order valence-electron chi connectivity index (χ4n) is 4.75. The molecule has 2 aromatic carbocycles. The summed E-state index contributed by atoms with van der Waals surface area (Å²) in [4.78, 5) is 51.6. The smallest absolute Gasteiger partial charge is 0.322 e. The molecule has 1 saturated heterocycles. The van der Waals surface area contributed by atoms with Crippen molar-refractivity contribution in [3.05, 3.63) is 53.6 Å². The SMILES string of the molecule is CCC1C(=O)N(CC(=O)Nc2ccc3c(c2)CC2(C3)NC(=O)NC2=O)c2ccccc2S1=O. The second kappa shape index (κ2) is 7.80. The van der Waals surface area contributed by atoms with E-state index in [0.29, 0.717) is 35.5 Å². The summed E-state index contributed by atoms with van der Waals surface area (Å²) in [6.45, 7) is 1.60. The first kappa shape index (κ1) is 21.3. The van der Waals surface area contributed by atoms with E-state index < -0.39 is 27.6 Å².